The molecule has 0 unspecified atom stereocenters. The molecule has 1 rings (SSSR count). The van der Waals surface area contributed by atoms with Gasteiger partial charge in [-0.05, 0) is 48.8 Å². The fourth-order valence-corrected chi connectivity index (χ4v) is 2.15. The van der Waals surface area contributed by atoms with E-state index in [1.807, 2.05) is 0 Å². The fourth-order valence-electron chi connectivity index (χ4n) is 1.18. The van der Waals surface area contributed by atoms with Gasteiger partial charge in [0.25, 0.3) is 0 Å². The average molecular weight is 337 g/mol. The Morgan fingerprint density at radius 2 is 2.29 bits per heavy atom. The largest absolute Gasteiger partial charge is 0.362 e. The first-order valence-electron chi connectivity index (χ1n) is 5.12. The van der Waals surface area contributed by atoms with Crippen LogP contribution in [0.25, 0.3) is 0 Å². The van der Waals surface area contributed by atoms with Gasteiger partial charge < -0.3 is 10.6 Å². The second-order valence-electron chi connectivity index (χ2n) is 3.35. The number of thiocarbonyl (C=S) groups is 1. The normalized spacial score (nSPS) is 10.1. The molecule has 0 aliphatic rings. The summed E-state index contributed by atoms with van der Waals surface area (Å²) in [7, 11) is 0. The number of benzene rings is 1. The van der Waals surface area contributed by atoms with E-state index < -0.39 is 0 Å². The van der Waals surface area contributed by atoms with E-state index in [2.05, 4.69) is 32.8 Å². The molecular weight excluding hydrogens is 323 g/mol. The van der Waals surface area contributed by atoms with E-state index in [9.17, 15) is 4.39 Å². The van der Waals surface area contributed by atoms with E-state index in [0.29, 0.717) is 15.3 Å². The van der Waals surface area contributed by atoms with Crippen molar-refractivity contribution in [2.24, 2.45) is 0 Å². The molecule has 2 N–H and O–H groups in total. The molecule has 94 valence electrons. The van der Waals surface area contributed by atoms with Crippen molar-refractivity contribution in [3.8, 4) is 0 Å². The Bertz CT molecular complexity index is 388. The lowest BCUT2D eigenvalue weighted by molar-refractivity contribution is 0.631. The van der Waals surface area contributed by atoms with Crippen molar-refractivity contribution < 1.29 is 4.39 Å². The van der Waals surface area contributed by atoms with E-state index in [4.69, 9.17) is 12.2 Å². The molecule has 0 aliphatic carbocycles. The Balaban J connectivity index is 2.40. The summed E-state index contributed by atoms with van der Waals surface area (Å²) in [6, 6.07) is 4.82. The SMILES string of the molecule is CSCCCNC(=S)Nc1ccc(Br)cc1F. The summed E-state index contributed by atoms with van der Waals surface area (Å²) in [4.78, 5) is 0. The van der Waals surface area contributed by atoms with Crippen molar-refractivity contribution in [3.05, 3.63) is 28.5 Å². The highest BCUT2D eigenvalue weighted by Gasteiger charge is 2.04. The lowest BCUT2D eigenvalue weighted by Crippen LogP contribution is -2.29. The van der Waals surface area contributed by atoms with Gasteiger partial charge in [0.2, 0.25) is 0 Å². The summed E-state index contributed by atoms with van der Waals surface area (Å²) in [5.74, 6) is 0.759. The van der Waals surface area contributed by atoms with Gasteiger partial charge in [-0.25, -0.2) is 4.39 Å². The van der Waals surface area contributed by atoms with E-state index in [1.165, 1.54) is 6.07 Å². The molecule has 2 nitrogen and oxygen atoms in total. The van der Waals surface area contributed by atoms with Crippen LogP contribution in [0.5, 0.6) is 0 Å². The number of halogens is 2. The van der Waals surface area contributed by atoms with Crippen molar-refractivity contribution in [3.63, 3.8) is 0 Å². The van der Waals surface area contributed by atoms with Gasteiger partial charge >= 0.3 is 0 Å². The first kappa shape index (κ1) is 14.7. The van der Waals surface area contributed by atoms with Crippen molar-refractivity contribution in [1.29, 1.82) is 0 Å². The molecule has 0 aliphatic heterocycles. The zero-order chi connectivity index (χ0) is 12.7. The van der Waals surface area contributed by atoms with Crippen LogP contribution in [-0.2, 0) is 0 Å². The van der Waals surface area contributed by atoms with Crippen LogP contribution in [0.15, 0.2) is 22.7 Å². The lowest BCUT2D eigenvalue weighted by Gasteiger charge is -2.11. The molecule has 0 atom stereocenters. The van der Waals surface area contributed by atoms with Crippen LogP contribution in [-0.4, -0.2) is 23.7 Å². The first-order chi connectivity index (χ1) is 8.13. The second kappa shape index (κ2) is 7.89. The number of nitrogens with one attached hydrogen (secondary N) is 2. The zero-order valence-corrected chi connectivity index (χ0v) is 12.6. The molecule has 0 amide bonds. The Hall–Kier alpha value is -0.330. The van der Waals surface area contributed by atoms with Gasteiger partial charge in [0.15, 0.2) is 5.11 Å². The molecule has 17 heavy (non-hydrogen) atoms. The highest BCUT2D eigenvalue weighted by atomic mass is 79.9. The minimum absolute atomic E-state index is 0.326. The number of thioether (sulfide) groups is 1. The summed E-state index contributed by atoms with van der Waals surface area (Å²) >= 11 is 10.1. The molecule has 0 aromatic heterocycles. The van der Waals surface area contributed by atoms with Gasteiger partial charge in [-0.3, -0.25) is 0 Å². The smallest absolute Gasteiger partial charge is 0.170 e. The molecule has 0 saturated heterocycles. The maximum atomic E-state index is 13.5. The molecule has 0 heterocycles. The third kappa shape index (κ3) is 5.70. The van der Waals surface area contributed by atoms with Gasteiger partial charge in [-0.15, -0.1) is 0 Å². The number of anilines is 1. The van der Waals surface area contributed by atoms with Gasteiger partial charge in [0.1, 0.15) is 5.82 Å². The Kier molecular flexibility index (Phi) is 6.84. The molecule has 6 heteroatoms. The Labute approximate surface area is 119 Å². The highest BCUT2D eigenvalue weighted by Crippen LogP contribution is 2.19. The van der Waals surface area contributed by atoms with Crippen molar-refractivity contribution >= 4 is 50.7 Å². The van der Waals surface area contributed by atoms with Crippen LogP contribution in [0.4, 0.5) is 10.1 Å². The van der Waals surface area contributed by atoms with Crippen LogP contribution in [0.1, 0.15) is 6.42 Å². The van der Waals surface area contributed by atoms with Crippen molar-refractivity contribution in [1.82, 2.24) is 5.32 Å². The minimum atomic E-state index is -0.326. The molecular formula is C11H14BrFN2S2. The summed E-state index contributed by atoms with van der Waals surface area (Å²) in [6.45, 7) is 0.796. The van der Waals surface area contributed by atoms with Gasteiger partial charge in [-0.1, -0.05) is 15.9 Å². The average Bonchev–Trinajstić information content (AvgIpc) is 2.28. The van der Waals surface area contributed by atoms with Crippen LogP contribution in [0, 0.1) is 5.82 Å². The van der Waals surface area contributed by atoms with E-state index >= 15 is 0 Å². The van der Waals surface area contributed by atoms with Gasteiger partial charge in [0.05, 0.1) is 5.69 Å². The van der Waals surface area contributed by atoms with Crippen molar-refractivity contribution in [2.75, 3.05) is 23.9 Å². The minimum Gasteiger partial charge on any atom is -0.362 e. The van der Waals surface area contributed by atoms with Crippen LogP contribution in [0.3, 0.4) is 0 Å². The van der Waals surface area contributed by atoms with E-state index in [0.717, 1.165) is 18.7 Å². The van der Waals surface area contributed by atoms with Gasteiger partial charge in [0, 0.05) is 11.0 Å². The molecule has 0 bridgehead atoms. The van der Waals surface area contributed by atoms with Crippen LogP contribution < -0.4 is 10.6 Å². The number of hydrogen-bond donors (Lipinski definition) is 2. The highest BCUT2D eigenvalue weighted by molar-refractivity contribution is 9.10. The van der Waals surface area contributed by atoms with E-state index in [1.54, 1.807) is 23.9 Å². The second-order valence-corrected chi connectivity index (χ2v) is 5.66. The van der Waals surface area contributed by atoms with Gasteiger partial charge in [-0.2, -0.15) is 11.8 Å². The summed E-state index contributed by atoms with van der Waals surface area (Å²) in [5.41, 5.74) is 0.385. The Morgan fingerprint density at radius 1 is 1.53 bits per heavy atom. The van der Waals surface area contributed by atoms with Crippen molar-refractivity contribution in [2.45, 2.75) is 6.42 Å². The standard InChI is InChI=1S/C11H14BrFN2S2/c1-17-6-2-5-14-11(16)15-10-4-3-8(12)7-9(10)13/h3-4,7H,2,5-6H2,1H3,(H2,14,15,16). The maximum absolute atomic E-state index is 13.5. The summed E-state index contributed by atoms with van der Waals surface area (Å²) in [5, 5.41) is 6.32. The summed E-state index contributed by atoms with van der Waals surface area (Å²) in [6.07, 6.45) is 3.10. The monoisotopic (exact) mass is 336 g/mol. The fraction of sp³-hybridized carbons (Fsp3) is 0.364. The Morgan fingerprint density at radius 3 is 2.94 bits per heavy atom. The summed E-state index contributed by atoms with van der Waals surface area (Å²) < 4.78 is 14.2. The lowest BCUT2D eigenvalue weighted by atomic mass is 10.3. The maximum Gasteiger partial charge on any atom is 0.170 e. The predicted molar refractivity (Wildman–Crippen MR) is 81.3 cm³/mol. The quantitative estimate of drug-likeness (QED) is 0.633. The topological polar surface area (TPSA) is 24.1 Å². The number of rotatable bonds is 5. The third-order valence-corrected chi connectivity index (χ3v) is 3.43. The molecule has 0 saturated carbocycles. The molecule has 1 aromatic rings. The predicted octanol–water partition coefficient (Wildman–Crippen LogP) is 3.63. The third-order valence-electron chi connectivity index (χ3n) is 1.99. The molecule has 0 fully saturated rings. The van der Waals surface area contributed by atoms with E-state index in [-0.39, 0.29) is 5.82 Å². The molecule has 0 radical (unpaired) electrons. The number of hydrogen-bond acceptors (Lipinski definition) is 2. The van der Waals surface area contributed by atoms with Crippen LogP contribution in [0.2, 0.25) is 0 Å². The zero-order valence-electron chi connectivity index (χ0n) is 9.43. The first-order valence-corrected chi connectivity index (χ1v) is 7.72. The van der Waals surface area contributed by atoms with Crippen LogP contribution >= 0.6 is 39.9 Å². The molecule has 1 aromatic carbocycles. The molecule has 0 spiro atoms.